The molecule has 0 bridgehead atoms. The van der Waals surface area contributed by atoms with E-state index in [2.05, 4.69) is 59.5 Å². The van der Waals surface area contributed by atoms with Crippen LogP contribution in [0.2, 0.25) is 0 Å². The number of carboxylic acids is 1. The lowest BCUT2D eigenvalue weighted by atomic mass is 9.32. The zero-order chi connectivity index (χ0) is 37.4. The molecule has 0 radical (unpaired) electrons. The van der Waals surface area contributed by atoms with Crippen LogP contribution in [0.15, 0.2) is 36.4 Å². The fraction of sp³-hybridized carbons (Fsp3) is 0.750. The van der Waals surface area contributed by atoms with E-state index in [1.165, 1.54) is 5.57 Å². The Hall–Kier alpha value is -2.83. The van der Waals surface area contributed by atoms with Gasteiger partial charge in [-0.2, -0.15) is 0 Å². The second-order valence-electron chi connectivity index (χ2n) is 19.6. The van der Waals surface area contributed by atoms with Crippen molar-refractivity contribution in [2.75, 3.05) is 7.11 Å². The van der Waals surface area contributed by atoms with Crippen molar-refractivity contribution in [1.82, 2.24) is 5.32 Å². The van der Waals surface area contributed by atoms with Gasteiger partial charge < -0.3 is 19.9 Å². The first kappa shape index (κ1) is 37.9. The SMILES string of the molecule is C=C(C)[C@@H]1CC[C@]2(C(=O)NCc3cccc(OC)c3)CC[C@]3(C)[C@H](CC[C@@H]4[C@@]5(C)CC[C@H](OC(=O)CC(C)(C)C(=O)O)C(C)(C)[C@@H]5CC[C@]43C)[C@@H]12. The molecular formula is C44H65NO6. The number of carboxylic acid groups (broad SMARTS) is 1. The first-order valence-electron chi connectivity index (χ1n) is 19.8. The fourth-order valence-corrected chi connectivity index (χ4v) is 13.5. The van der Waals surface area contributed by atoms with Gasteiger partial charge in [0.2, 0.25) is 5.91 Å². The van der Waals surface area contributed by atoms with E-state index in [0.29, 0.717) is 36.1 Å². The molecule has 0 aliphatic heterocycles. The Bertz CT molecular complexity index is 1560. The van der Waals surface area contributed by atoms with Crippen LogP contribution in [0.3, 0.4) is 0 Å². The predicted octanol–water partition coefficient (Wildman–Crippen LogP) is 9.38. The number of amides is 1. The first-order chi connectivity index (χ1) is 23.8. The summed E-state index contributed by atoms with van der Waals surface area (Å²) in [6.45, 7) is 22.7. The number of ether oxygens (including phenoxy) is 2. The van der Waals surface area contributed by atoms with Gasteiger partial charge in [-0.05, 0) is 149 Å². The van der Waals surface area contributed by atoms with Crippen LogP contribution in [0.4, 0.5) is 0 Å². The summed E-state index contributed by atoms with van der Waals surface area (Å²) in [5.41, 5.74) is 0.916. The molecule has 10 atom stereocenters. The van der Waals surface area contributed by atoms with Crippen LogP contribution in [0.25, 0.3) is 0 Å². The molecule has 5 saturated carbocycles. The first-order valence-corrected chi connectivity index (χ1v) is 19.8. The smallest absolute Gasteiger partial charge is 0.309 e. The van der Waals surface area contributed by atoms with Crippen molar-refractivity contribution in [2.24, 2.45) is 62.1 Å². The summed E-state index contributed by atoms with van der Waals surface area (Å²) < 4.78 is 11.6. The number of rotatable bonds is 9. The second kappa shape index (κ2) is 12.9. The maximum atomic E-state index is 14.5. The molecule has 0 saturated heterocycles. The summed E-state index contributed by atoms with van der Waals surface area (Å²) in [4.78, 5) is 39.3. The van der Waals surface area contributed by atoms with E-state index in [4.69, 9.17) is 9.47 Å². The van der Waals surface area contributed by atoms with Gasteiger partial charge in [-0.25, -0.2) is 0 Å². The predicted molar refractivity (Wildman–Crippen MR) is 200 cm³/mol. The third kappa shape index (κ3) is 5.86. The number of carbonyl (C=O) groups excluding carboxylic acids is 2. The molecule has 282 valence electrons. The number of esters is 1. The molecule has 5 aliphatic carbocycles. The number of allylic oxidation sites excluding steroid dienone is 1. The third-order valence-electron chi connectivity index (χ3n) is 16.5. The van der Waals surface area contributed by atoms with Crippen LogP contribution < -0.4 is 10.1 Å². The second-order valence-corrected chi connectivity index (χ2v) is 19.6. The molecule has 0 heterocycles. The molecular weight excluding hydrogens is 638 g/mol. The Morgan fingerprint density at radius 2 is 1.65 bits per heavy atom. The van der Waals surface area contributed by atoms with Gasteiger partial charge in [-0.15, -0.1) is 0 Å². The van der Waals surface area contributed by atoms with Gasteiger partial charge in [0.05, 0.1) is 24.4 Å². The minimum atomic E-state index is -1.15. The number of benzene rings is 1. The van der Waals surface area contributed by atoms with Crippen LogP contribution in [0.5, 0.6) is 5.75 Å². The van der Waals surface area contributed by atoms with E-state index in [0.717, 1.165) is 75.5 Å². The Morgan fingerprint density at radius 3 is 2.31 bits per heavy atom. The lowest BCUT2D eigenvalue weighted by Gasteiger charge is -2.72. The number of fused-ring (bicyclic) bond motifs is 7. The van der Waals surface area contributed by atoms with E-state index in [9.17, 15) is 19.5 Å². The average molecular weight is 704 g/mol. The van der Waals surface area contributed by atoms with Gasteiger partial charge in [0, 0.05) is 12.0 Å². The molecule has 7 heteroatoms. The summed E-state index contributed by atoms with van der Waals surface area (Å²) in [7, 11) is 1.68. The van der Waals surface area contributed by atoms with Crippen LogP contribution in [0, 0.1) is 62.1 Å². The fourth-order valence-electron chi connectivity index (χ4n) is 13.5. The summed E-state index contributed by atoms with van der Waals surface area (Å²) in [6, 6.07) is 7.99. The van der Waals surface area contributed by atoms with Crippen molar-refractivity contribution in [3.05, 3.63) is 42.0 Å². The van der Waals surface area contributed by atoms with Crippen molar-refractivity contribution in [2.45, 2.75) is 139 Å². The molecule has 1 amide bonds. The highest BCUT2D eigenvalue weighted by molar-refractivity contribution is 5.84. The molecule has 7 nitrogen and oxygen atoms in total. The van der Waals surface area contributed by atoms with Gasteiger partial charge >= 0.3 is 11.9 Å². The summed E-state index contributed by atoms with van der Waals surface area (Å²) in [5.74, 6) is 1.72. The van der Waals surface area contributed by atoms with E-state index in [1.807, 2.05) is 18.2 Å². The maximum absolute atomic E-state index is 14.5. The van der Waals surface area contributed by atoms with Crippen molar-refractivity contribution < 1.29 is 29.0 Å². The zero-order valence-electron chi connectivity index (χ0n) is 33.0. The topological polar surface area (TPSA) is 102 Å². The molecule has 1 aromatic rings. The molecule has 51 heavy (non-hydrogen) atoms. The average Bonchev–Trinajstić information content (AvgIpc) is 3.46. The van der Waals surface area contributed by atoms with Crippen molar-refractivity contribution >= 4 is 17.8 Å². The maximum Gasteiger partial charge on any atom is 0.309 e. The Balaban J connectivity index is 1.25. The monoisotopic (exact) mass is 703 g/mol. The van der Waals surface area contributed by atoms with Crippen LogP contribution in [-0.2, 0) is 25.7 Å². The van der Waals surface area contributed by atoms with E-state index in [-0.39, 0.29) is 45.5 Å². The lowest BCUT2D eigenvalue weighted by Crippen LogP contribution is -2.67. The standard InChI is InChI=1S/C44H65NO6/c1-27(2)30-16-21-44(37(47)45-26-28-12-11-13-29(24-28)50-10)23-22-42(8)31(36(30)44)14-15-33-41(7)19-18-34(51-35(46)25-39(3,4)38(48)49)40(5,6)32(41)17-20-43(33,42)9/h11-13,24,30-34,36H,1,14-23,25-26H2,2-10H3,(H,45,47)(H,48,49)/t30-,31+,32-,33+,34-,36+,41-,42+,43+,44-/m0/s1. The minimum Gasteiger partial charge on any atom is -0.497 e. The van der Waals surface area contributed by atoms with E-state index >= 15 is 0 Å². The molecule has 2 N–H and O–H groups in total. The summed E-state index contributed by atoms with van der Waals surface area (Å²) >= 11 is 0. The van der Waals surface area contributed by atoms with Gasteiger partial charge in [-0.3, -0.25) is 14.4 Å². The summed E-state index contributed by atoms with van der Waals surface area (Å²) in [5, 5.41) is 13.0. The van der Waals surface area contributed by atoms with Crippen molar-refractivity contribution in [3.63, 3.8) is 0 Å². The molecule has 0 unspecified atom stereocenters. The van der Waals surface area contributed by atoms with Gasteiger partial charge in [0.25, 0.3) is 0 Å². The number of hydrogen-bond acceptors (Lipinski definition) is 5. The number of carbonyl (C=O) groups is 3. The molecule has 0 spiro atoms. The van der Waals surface area contributed by atoms with E-state index < -0.39 is 17.4 Å². The van der Waals surface area contributed by atoms with Crippen LogP contribution >= 0.6 is 0 Å². The number of aliphatic carboxylic acids is 1. The number of methoxy groups -OCH3 is 1. The largest absolute Gasteiger partial charge is 0.497 e. The highest BCUT2D eigenvalue weighted by Crippen LogP contribution is 2.77. The van der Waals surface area contributed by atoms with Crippen LogP contribution in [-0.4, -0.2) is 36.2 Å². The zero-order valence-corrected chi connectivity index (χ0v) is 33.0. The van der Waals surface area contributed by atoms with Crippen molar-refractivity contribution in [3.8, 4) is 5.75 Å². The van der Waals surface area contributed by atoms with Gasteiger partial charge in [-0.1, -0.05) is 58.9 Å². The van der Waals surface area contributed by atoms with Gasteiger partial charge in [0.15, 0.2) is 0 Å². The highest BCUT2D eigenvalue weighted by Gasteiger charge is 2.72. The van der Waals surface area contributed by atoms with Gasteiger partial charge in [0.1, 0.15) is 11.9 Å². The minimum absolute atomic E-state index is 0.110. The molecule has 1 aromatic carbocycles. The quantitative estimate of drug-likeness (QED) is 0.196. The van der Waals surface area contributed by atoms with Crippen LogP contribution in [0.1, 0.15) is 132 Å². The number of nitrogens with one attached hydrogen (secondary N) is 1. The van der Waals surface area contributed by atoms with E-state index in [1.54, 1.807) is 21.0 Å². The van der Waals surface area contributed by atoms with Crippen molar-refractivity contribution in [1.29, 1.82) is 0 Å². The normalized spacial score (nSPS) is 39.7. The third-order valence-corrected chi connectivity index (χ3v) is 16.5. The molecule has 0 aromatic heterocycles. The molecule has 5 aliphatic rings. The highest BCUT2D eigenvalue weighted by atomic mass is 16.5. The Kier molecular flexibility index (Phi) is 9.61. The lowest BCUT2D eigenvalue weighted by molar-refractivity contribution is -0.249. The Labute approximate surface area is 307 Å². The number of hydrogen-bond donors (Lipinski definition) is 2. The molecule has 5 fully saturated rings. The Morgan fingerprint density at radius 1 is 0.922 bits per heavy atom. The molecule has 6 rings (SSSR count). The summed E-state index contributed by atoms with van der Waals surface area (Å²) in [6.07, 6.45) is 9.99.